The first kappa shape index (κ1) is 25.0. The molecule has 2 heterocycles. The lowest BCUT2D eigenvalue weighted by Gasteiger charge is -2.34. The summed E-state index contributed by atoms with van der Waals surface area (Å²) < 4.78 is 13.5. The summed E-state index contributed by atoms with van der Waals surface area (Å²) in [7, 11) is 1.58. The highest BCUT2D eigenvalue weighted by Crippen LogP contribution is 2.32. The average molecular weight is 522 g/mol. The monoisotopic (exact) mass is 521 g/mol. The minimum atomic E-state index is -0.558. The highest BCUT2D eigenvalue weighted by Gasteiger charge is 2.29. The van der Waals surface area contributed by atoms with Gasteiger partial charge in [-0.1, -0.05) is 15.9 Å². The number of carbonyl (C=O) groups is 1. The molecule has 0 radical (unpaired) electrons. The van der Waals surface area contributed by atoms with Crippen molar-refractivity contribution >= 4 is 27.8 Å². The van der Waals surface area contributed by atoms with Gasteiger partial charge in [0, 0.05) is 29.6 Å². The number of hydrogen-bond acceptors (Lipinski definition) is 7. The van der Waals surface area contributed by atoms with E-state index < -0.39 is 5.60 Å². The number of nitrogens with one attached hydrogen (secondary N) is 1. The van der Waals surface area contributed by atoms with Gasteiger partial charge in [-0.2, -0.15) is 0 Å². The molecule has 1 saturated heterocycles. The van der Waals surface area contributed by atoms with Gasteiger partial charge in [-0.15, -0.1) is 10.2 Å². The first-order valence-electron chi connectivity index (χ1n) is 11.1. The fraction of sp³-hybridized carbons (Fsp3) is 0.565. The lowest BCUT2D eigenvalue weighted by Crippen LogP contribution is -2.47. The number of methoxy groups -OCH3 is 1. The Morgan fingerprint density at radius 3 is 2.64 bits per heavy atom. The molecule has 1 atom stereocenters. The number of anilines is 1. The predicted octanol–water partition coefficient (Wildman–Crippen LogP) is 4.47. The van der Waals surface area contributed by atoms with E-state index in [2.05, 4.69) is 31.4 Å². The summed E-state index contributed by atoms with van der Waals surface area (Å²) in [5, 5.41) is 11.8. The van der Waals surface area contributed by atoms with Crippen LogP contribution in [0.3, 0.4) is 0 Å². The van der Waals surface area contributed by atoms with Crippen molar-refractivity contribution < 1.29 is 14.3 Å². The Kier molecular flexibility index (Phi) is 7.66. The van der Waals surface area contributed by atoms with Crippen molar-refractivity contribution in [1.29, 1.82) is 0 Å². The van der Waals surface area contributed by atoms with Crippen molar-refractivity contribution in [3.63, 3.8) is 0 Å². The maximum Gasteiger partial charge on any atom is 0.410 e. The number of ether oxygens (including phenoxy) is 2. The number of likely N-dealkylation sites (tertiary alicyclic amines) is 1. The van der Waals surface area contributed by atoms with Gasteiger partial charge in [0.15, 0.2) is 5.82 Å². The van der Waals surface area contributed by atoms with Crippen LogP contribution in [0.25, 0.3) is 11.4 Å². The van der Waals surface area contributed by atoms with Crippen LogP contribution in [0.1, 0.15) is 53.5 Å². The number of amides is 1. The molecule has 0 saturated carbocycles. The van der Waals surface area contributed by atoms with Crippen molar-refractivity contribution in [1.82, 2.24) is 19.7 Å². The zero-order valence-corrected chi connectivity index (χ0v) is 21.6. The Balaban J connectivity index is 1.88. The third-order valence-electron chi connectivity index (χ3n) is 5.23. The molecule has 1 aromatic carbocycles. The first-order valence-corrected chi connectivity index (χ1v) is 11.9. The molecule has 1 fully saturated rings. The van der Waals surface area contributed by atoms with Gasteiger partial charge in [-0.25, -0.2) is 4.79 Å². The van der Waals surface area contributed by atoms with Crippen LogP contribution in [0.2, 0.25) is 0 Å². The van der Waals surface area contributed by atoms with Crippen molar-refractivity contribution in [2.75, 3.05) is 25.5 Å². The summed E-state index contributed by atoms with van der Waals surface area (Å²) in [6, 6.07) is 5.27. The Bertz CT molecular complexity index is 1060. The Hall–Kier alpha value is -2.62. The molecule has 2 aromatic rings. The van der Waals surface area contributed by atoms with E-state index in [0.717, 1.165) is 17.3 Å². The predicted molar refractivity (Wildman–Crippen MR) is 131 cm³/mol. The van der Waals surface area contributed by atoms with Gasteiger partial charge in [0.05, 0.1) is 12.7 Å². The Morgan fingerprint density at radius 1 is 1.27 bits per heavy atom. The van der Waals surface area contributed by atoms with Crippen LogP contribution >= 0.6 is 15.9 Å². The molecular weight excluding hydrogens is 490 g/mol. The van der Waals surface area contributed by atoms with Gasteiger partial charge in [-0.3, -0.25) is 9.36 Å². The van der Waals surface area contributed by atoms with Crippen molar-refractivity contribution in [3.05, 3.63) is 33.0 Å². The van der Waals surface area contributed by atoms with E-state index in [1.54, 1.807) is 16.6 Å². The van der Waals surface area contributed by atoms with Crippen LogP contribution in [0, 0.1) is 0 Å². The van der Waals surface area contributed by atoms with Crippen LogP contribution < -0.4 is 15.6 Å². The second-order valence-electron chi connectivity index (χ2n) is 9.40. The number of halogens is 1. The lowest BCUT2D eigenvalue weighted by molar-refractivity contribution is 0.0206. The number of hydrogen-bond donors (Lipinski definition) is 1. The topological polar surface area (TPSA) is 98.6 Å². The van der Waals surface area contributed by atoms with Gasteiger partial charge < -0.3 is 19.7 Å². The average Bonchev–Trinajstić information content (AvgIpc) is 2.73. The van der Waals surface area contributed by atoms with Crippen LogP contribution in [-0.4, -0.2) is 57.6 Å². The second kappa shape index (κ2) is 10.1. The SMILES string of the molecule is COc1cc(Br)ccc1-c1nnc(N[C@@H]2CCCN(C(=O)OC(C)(C)C)C2)c(=O)n1C(C)C. The maximum atomic E-state index is 13.4. The molecule has 1 aliphatic heterocycles. The van der Waals surface area contributed by atoms with E-state index in [-0.39, 0.29) is 29.6 Å². The lowest BCUT2D eigenvalue weighted by atomic mass is 10.1. The number of nitrogens with zero attached hydrogens (tertiary/aromatic N) is 4. The van der Waals surface area contributed by atoms with E-state index >= 15 is 0 Å². The van der Waals surface area contributed by atoms with Crippen molar-refractivity contribution in [3.8, 4) is 17.1 Å². The molecule has 9 nitrogen and oxygen atoms in total. The third-order valence-corrected chi connectivity index (χ3v) is 5.72. The molecule has 1 amide bonds. The van der Waals surface area contributed by atoms with E-state index in [1.807, 2.05) is 52.8 Å². The quantitative estimate of drug-likeness (QED) is 0.619. The van der Waals surface area contributed by atoms with E-state index in [4.69, 9.17) is 9.47 Å². The molecule has 33 heavy (non-hydrogen) atoms. The minimum absolute atomic E-state index is 0.123. The van der Waals surface area contributed by atoms with Crippen LogP contribution in [0.4, 0.5) is 10.6 Å². The Morgan fingerprint density at radius 2 is 2.00 bits per heavy atom. The minimum Gasteiger partial charge on any atom is -0.496 e. The van der Waals surface area contributed by atoms with Crippen LogP contribution in [0.15, 0.2) is 27.5 Å². The third kappa shape index (κ3) is 6.04. The molecule has 180 valence electrons. The number of piperidine rings is 1. The largest absolute Gasteiger partial charge is 0.496 e. The van der Waals surface area contributed by atoms with Crippen LogP contribution in [-0.2, 0) is 4.74 Å². The van der Waals surface area contributed by atoms with Gasteiger partial charge >= 0.3 is 6.09 Å². The van der Waals surface area contributed by atoms with Crippen molar-refractivity contribution in [2.24, 2.45) is 0 Å². The first-order chi connectivity index (χ1) is 15.5. The Labute approximate surface area is 202 Å². The summed E-state index contributed by atoms with van der Waals surface area (Å²) >= 11 is 3.44. The highest BCUT2D eigenvalue weighted by atomic mass is 79.9. The van der Waals surface area contributed by atoms with E-state index in [9.17, 15) is 9.59 Å². The van der Waals surface area contributed by atoms with Crippen LogP contribution in [0.5, 0.6) is 5.75 Å². The smallest absolute Gasteiger partial charge is 0.410 e. The zero-order valence-electron chi connectivity index (χ0n) is 20.0. The molecule has 1 N–H and O–H groups in total. The van der Waals surface area contributed by atoms with E-state index in [1.165, 1.54) is 0 Å². The van der Waals surface area contributed by atoms with Gasteiger partial charge in [-0.05, 0) is 65.7 Å². The maximum absolute atomic E-state index is 13.4. The summed E-state index contributed by atoms with van der Waals surface area (Å²) in [6.45, 7) is 10.4. The standard InChI is InChI=1S/C23H32BrN5O4/c1-14(2)29-20(17-10-9-15(24)12-18(17)32-6)27-26-19(21(29)30)25-16-8-7-11-28(13-16)22(31)33-23(3,4)5/h9-10,12,14,16H,7-8,11,13H2,1-6H3,(H,25,26)/t16-/m1/s1. The summed E-state index contributed by atoms with van der Waals surface area (Å²) in [5.74, 6) is 1.19. The summed E-state index contributed by atoms with van der Waals surface area (Å²) in [4.78, 5) is 27.5. The number of rotatable bonds is 5. The molecule has 0 aliphatic carbocycles. The summed E-state index contributed by atoms with van der Waals surface area (Å²) in [5.41, 5.74) is -0.147. The molecule has 0 bridgehead atoms. The fourth-order valence-corrected chi connectivity index (χ4v) is 4.12. The molecule has 10 heteroatoms. The molecule has 1 aliphatic rings. The van der Waals surface area contributed by atoms with Gasteiger partial charge in [0.25, 0.3) is 5.56 Å². The molecule has 1 aromatic heterocycles. The normalized spacial score (nSPS) is 16.6. The van der Waals surface area contributed by atoms with Gasteiger partial charge in [0.1, 0.15) is 11.4 Å². The molecule has 3 rings (SSSR count). The molecular formula is C23H32BrN5O4. The highest BCUT2D eigenvalue weighted by molar-refractivity contribution is 9.10. The fourth-order valence-electron chi connectivity index (χ4n) is 3.78. The second-order valence-corrected chi connectivity index (χ2v) is 10.3. The molecule has 0 unspecified atom stereocenters. The number of aromatic nitrogens is 3. The van der Waals surface area contributed by atoms with E-state index in [0.29, 0.717) is 30.2 Å². The number of carbonyl (C=O) groups excluding carboxylic acids is 1. The van der Waals surface area contributed by atoms with Gasteiger partial charge in [0.2, 0.25) is 5.82 Å². The summed E-state index contributed by atoms with van der Waals surface area (Å²) in [6.07, 6.45) is 1.26. The molecule has 0 spiro atoms. The zero-order chi connectivity index (χ0) is 24.3. The number of benzene rings is 1. The van der Waals surface area contributed by atoms with Crippen molar-refractivity contribution in [2.45, 2.75) is 65.1 Å².